The van der Waals surface area contributed by atoms with Crippen LogP contribution in [0.15, 0.2) is 35.3 Å². The number of benzene rings is 1. The molecule has 2 rings (SSSR count). The summed E-state index contributed by atoms with van der Waals surface area (Å²) < 4.78 is 5.71. The van der Waals surface area contributed by atoms with Crippen LogP contribution < -0.4 is 10.6 Å². The molecule has 0 amide bonds. The minimum absolute atomic E-state index is 0.764. The highest BCUT2D eigenvalue weighted by Gasteiger charge is 2.05. The summed E-state index contributed by atoms with van der Waals surface area (Å²) in [4.78, 5) is 9.98. The van der Waals surface area contributed by atoms with Crippen LogP contribution in [0.2, 0.25) is 0 Å². The van der Waals surface area contributed by atoms with Gasteiger partial charge in [-0.1, -0.05) is 30.3 Å². The van der Waals surface area contributed by atoms with Crippen molar-refractivity contribution in [3.63, 3.8) is 0 Å². The second kappa shape index (κ2) is 11.6. The Morgan fingerprint density at radius 2 is 1.92 bits per heavy atom. The van der Waals surface area contributed by atoms with Crippen LogP contribution in [-0.4, -0.2) is 37.7 Å². The zero-order valence-corrected chi connectivity index (χ0v) is 16.9. The fourth-order valence-corrected chi connectivity index (χ4v) is 3.47. The molecule has 0 aliphatic heterocycles. The fraction of sp³-hybridized carbons (Fsp3) is 0.500. The summed E-state index contributed by atoms with van der Waals surface area (Å²) in [5.74, 6) is 0.834. The molecular weight excluding hydrogens is 344 g/mol. The van der Waals surface area contributed by atoms with Crippen molar-refractivity contribution in [3.05, 3.63) is 51.5 Å². The van der Waals surface area contributed by atoms with Gasteiger partial charge in [-0.15, -0.1) is 11.3 Å². The lowest BCUT2D eigenvalue weighted by Crippen LogP contribution is -2.37. The molecule has 6 heteroatoms. The number of thiazole rings is 1. The van der Waals surface area contributed by atoms with Gasteiger partial charge in [-0.25, -0.2) is 4.98 Å². The number of aryl methyl sites for hydroxylation is 2. The molecule has 0 atom stereocenters. The second-order valence-corrected chi connectivity index (χ2v) is 7.44. The SMILES string of the molecule is CN=C(NCCCCOCCc1ccccc1)NCc1sc(C)nc1C. The molecule has 0 saturated carbocycles. The number of rotatable bonds is 10. The standard InChI is InChI=1S/C20H30N4OS/c1-16-19(26-17(2)24-16)15-23-20(21-3)22-12-7-8-13-25-14-11-18-9-5-4-6-10-18/h4-6,9-10H,7-8,11-15H2,1-3H3,(H2,21,22,23). The van der Waals surface area contributed by atoms with Gasteiger partial charge in [-0.05, 0) is 38.7 Å². The zero-order valence-electron chi connectivity index (χ0n) is 16.0. The van der Waals surface area contributed by atoms with Crippen LogP contribution in [0.3, 0.4) is 0 Å². The van der Waals surface area contributed by atoms with Crippen molar-refractivity contribution in [1.29, 1.82) is 0 Å². The first-order valence-corrected chi connectivity index (χ1v) is 10.00. The normalized spacial score (nSPS) is 11.6. The van der Waals surface area contributed by atoms with E-state index in [9.17, 15) is 0 Å². The highest BCUT2D eigenvalue weighted by Crippen LogP contribution is 2.16. The Hall–Kier alpha value is -1.92. The number of nitrogens with zero attached hydrogens (tertiary/aromatic N) is 2. The molecule has 0 aliphatic carbocycles. The van der Waals surface area contributed by atoms with E-state index in [4.69, 9.17) is 4.74 Å². The van der Waals surface area contributed by atoms with E-state index in [1.54, 1.807) is 18.4 Å². The van der Waals surface area contributed by atoms with Crippen LogP contribution in [0, 0.1) is 13.8 Å². The third kappa shape index (κ3) is 7.54. The lowest BCUT2D eigenvalue weighted by atomic mass is 10.2. The molecule has 5 nitrogen and oxygen atoms in total. The average molecular weight is 375 g/mol. The number of unbranched alkanes of at least 4 members (excludes halogenated alkanes) is 1. The van der Waals surface area contributed by atoms with E-state index in [0.717, 1.165) is 62.2 Å². The maximum absolute atomic E-state index is 5.71. The predicted octanol–water partition coefficient (Wildman–Crippen LogP) is 3.46. The Bertz CT molecular complexity index is 670. The highest BCUT2D eigenvalue weighted by molar-refractivity contribution is 7.11. The van der Waals surface area contributed by atoms with Crippen LogP contribution in [0.1, 0.15) is 34.0 Å². The molecule has 0 bridgehead atoms. The number of aromatic nitrogens is 1. The van der Waals surface area contributed by atoms with Crippen LogP contribution in [0.5, 0.6) is 0 Å². The summed E-state index contributed by atoms with van der Waals surface area (Å²) in [5.41, 5.74) is 2.43. The van der Waals surface area contributed by atoms with Crippen molar-refractivity contribution < 1.29 is 4.74 Å². The summed E-state index contributed by atoms with van der Waals surface area (Å²) in [6, 6.07) is 10.5. The molecule has 0 saturated heterocycles. The predicted molar refractivity (Wildman–Crippen MR) is 110 cm³/mol. The van der Waals surface area contributed by atoms with Crippen LogP contribution >= 0.6 is 11.3 Å². The van der Waals surface area contributed by atoms with E-state index in [2.05, 4.69) is 51.8 Å². The van der Waals surface area contributed by atoms with Crippen LogP contribution in [-0.2, 0) is 17.7 Å². The number of ether oxygens (including phenoxy) is 1. The summed E-state index contributed by atoms with van der Waals surface area (Å²) in [6.07, 6.45) is 3.09. The molecule has 2 aromatic rings. The van der Waals surface area contributed by atoms with E-state index < -0.39 is 0 Å². The molecule has 0 unspecified atom stereocenters. The van der Waals surface area contributed by atoms with Gasteiger partial charge in [0.05, 0.1) is 23.9 Å². The van der Waals surface area contributed by atoms with Gasteiger partial charge in [0.2, 0.25) is 0 Å². The topological polar surface area (TPSA) is 58.5 Å². The van der Waals surface area contributed by atoms with Crippen LogP contribution in [0.4, 0.5) is 0 Å². The Morgan fingerprint density at radius 3 is 2.62 bits per heavy atom. The molecule has 0 fully saturated rings. The van der Waals surface area contributed by atoms with E-state index >= 15 is 0 Å². The Labute approximate surface area is 160 Å². The Balaban J connectivity index is 1.50. The Morgan fingerprint density at radius 1 is 1.12 bits per heavy atom. The summed E-state index contributed by atoms with van der Waals surface area (Å²) >= 11 is 1.73. The summed E-state index contributed by atoms with van der Waals surface area (Å²) in [6.45, 7) is 7.33. The average Bonchev–Trinajstić information content (AvgIpc) is 2.98. The summed E-state index contributed by atoms with van der Waals surface area (Å²) in [7, 11) is 1.80. The number of guanidine groups is 1. The van der Waals surface area contributed by atoms with E-state index in [1.807, 2.05) is 13.0 Å². The van der Waals surface area contributed by atoms with Gasteiger partial charge in [0.15, 0.2) is 5.96 Å². The minimum Gasteiger partial charge on any atom is -0.381 e. The molecule has 1 heterocycles. The molecule has 142 valence electrons. The van der Waals surface area contributed by atoms with Crippen molar-refractivity contribution in [2.24, 2.45) is 4.99 Å². The Kier molecular flexibility index (Phi) is 9.14. The number of nitrogens with one attached hydrogen (secondary N) is 2. The van der Waals surface area contributed by atoms with Gasteiger partial charge < -0.3 is 15.4 Å². The molecule has 0 spiro atoms. The molecule has 0 aliphatic rings. The monoisotopic (exact) mass is 374 g/mol. The second-order valence-electron chi connectivity index (χ2n) is 6.15. The largest absolute Gasteiger partial charge is 0.381 e. The molecule has 2 N–H and O–H groups in total. The van der Waals surface area contributed by atoms with Crippen molar-refractivity contribution in [3.8, 4) is 0 Å². The van der Waals surface area contributed by atoms with Gasteiger partial charge >= 0.3 is 0 Å². The van der Waals surface area contributed by atoms with Crippen molar-refractivity contribution in [2.75, 3.05) is 26.8 Å². The zero-order chi connectivity index (χ0) is 18.6. The van der Waals surface area contributed by atoms with Crippen molar-refractivity contribution in [1.82, 2.24) is 15.6 Å². The molecular formula is C20H30N4OS. The first-order valence-electron chi connectivity index (χ1n) is 9.18. The molecule has 1 aromatic carbocycles. The van der Waals surface area contributed by atoms with E-state index in [0.29, 0.717) is 0 Å². The number of aliphatic imine (C=N–C) groups is 1. The van der Waals surface area contributed by atoms with Gasteiger partial charge in [0.25, 0.3) is 0 Å². The first-order chi connectivity index (χ1) is 12.7. The maximum Gasteiger partial charge on any atom is 0.191 e. The third-order valence-corrected chi connectivity index (χ3v) is 5.10. The number of hydrogen-bond acceptors (Lipinski definition) is 4. The van der Waals surface area contributed by atoms with Gasteiger partial charge in [0.1, 0.15) is 0 Å². The lowest BCUT2D eigenvalue weighted by Gasteiger charge is -2.11. The fourth-order valence-electron chi connectivity index (χ4n) is 2.59. The number of hydrogen-bond donors (Lipinski definition) is 2. The van der Waals surface area contributed by atoms with Gasteiger partial charge in [0, 0.05) is 25.1 Å². The smallest absolute Gasteiger partial charge is 0.191 e. The third-order valence-electron chi connectivity index (χ3n) is 4.03. The molecule has 1 aromatic heterocycles. The quantitative estimate of drug-likeness (QED) is 0.380. The highest BCUT2D eigenvalue weighted by atomic mass is 32.1. The van der Waals surface area contributed by atoms with Gasteiger partial charge in [-0.2, -0.15) is 0 Å². The van der Waals surface area contributed by atoms with E-state index in [-0.39, 0.29) is 0 Å². The van der Waals surface area contributed by atoms with Crippen molar-refractivity contribution >= 4 is 17.3 Å². The molecule has 0 radical (unpaired) electrons. The van der Waals surface area contributed by atoms with Crippen LogP contribution in [0.25, 0.3) is 0 Å². The minimum atomic E-state index is 0.764. The first kappa shape index (κ1) is 20.4. The lowest BCUT2D eigenvalue weighted by molar-refractivity contribution is 0.133. The summed E-state index contributed by atoms with van der Waals surface area (Å²) in [5, 5.41) is 7.80. The van der Waals surface area contributed by atoms with Crippen molar-refractivity contribution in [2.45, 2.75) is 39.7 Å². The van der Waals surface area contributed by atoms with E-state index in [1.165, 1.54) is 10.4 Å². The maximum atomic E-state index is 5.71. The van der Waals surface area contributed by atoms with Gasteiger partial charge in [-0.3, -0.25) is 4.99 Å². The molecule has 26 heavy (non-hydrogen) atoms.